The minimum Gasteiger partial charge on any atom is -0.497 e. The molecule has 2 heterocycles. The third-order valence-corrected chi connectivity index (χ3v) is 6.26. The quantitative estimate of drug-likeness (QED) is 0.381. The lowest BCUT2D eigenvalue weighted by atomic mass is 9.96. The highest BCUT2D eigenvalue weighted by Gasteiger charge is 2.50. The maximum absolute atomic E-state index is 13.2. The molecule has 5 atom stereocenters. The van der Waals surface area contributed by atoms with Crippen molar-refractivity contribution in [2.24, 2.45) is 5.92 Å². The van der Waals surface area contributed by atoms with Gasteiger partial charge in [-0.3, -0.25) is 4.79 Å². The first-order valence-corrected chi connectivity index (χ1v) is 11.3. The molecule has 0 radical (unpaired) electrons. The van der Waals surface area contributed by atoms with Crippen molar-refractivity contribution in [1.82, 2.24) is 0 Å². The van der Waals surface area contributed by atoms with Crippen LogP contribution >= 0.6 is 0 Å². The van der Waals surface area contributed by atoms with Crippen LogP contribution in [-0.4, -0.2) is 56.9 Å². The summed E-state index contributed by atoms with van der Waals surface area (Å²) in [5.74, 6) is -0.0723. The van der Waals surface area contributed by atoms with E-state index in [1.807, 2.05) is 19.9 Å². The Morgan fingerprint density at radius 3 is 2.64 bits per heavy atom. The maximum Gasteiger partial charge on any atom is 0.342 e. The largest absolute Gasteiger partial charge is 0.497 e. The average molecular weight is 461 g/mol. The molecule has 8 heteroatoms. The van der Waals surface area contributed by atoms with Crippen LogP contribution in [0.5, 0.6) is 11.5 Å². The first-order valence-electron chi connectivity index (χ1n) is 11.3. The Balaban J connectivity index is 1.72. The van der Waals surface area contributed by atoms with Gasteiger partial charge in [-0.25, -0.2) is 4.79 Å². The topological polar surface area (TPSA) is 89.5 Å². The van der Waals surface area contributed by atoms with E-state index in [-0.39, 0.29) is 36.9 Å². The van der Waals surface area contributed by atoms with Crippen LogP contribution in [0.2, 0.25) is 0 Å². The van der Waals surface area contributed by atoms with Gasteiger partial charge < -0.3 is 28.4 Å². The number of fused-ring (bicyclic) bond motifs is 4. The Hall–Kier alpha value is -2.42. The van der Waals surface area contributed by atoms with Gasteiger partial charge in [-0.15, -0.1) is 0 Å². The van der Waals surface area contributed by atoms with Gasteiger partial charge in [0, 0.05) is 19.6 Å². The van der Waals surface area contributed by atoms with E-state index in [9.17, 15) is 9.59 Å². The SMILES string of the molecule is COCOc1cc(OC)cc2c1C(=O)O[C@@H](C)C=CCC(=O)[C@H]1OC(C)(C)O[C@H]1CC1CC21. The van der Waals surface area contributed by atoms with Crippen LogP contribution in [0.1, 0.15) is 61.9 Å². The minimum absolute atomic E-state index is 0.0113. The summed E-state index contributed by atoms with van der Waals surface area (Å²) in [5.41, 5.74) is 1.19. The van der Waals surface area contributed by atoms with Gasteiger partial charge in [-0.1, -0.05) is 6.08 Å². The molecular weight excluding hydrogens is 428 g/mol. The predicted octanol–water partition coefficient (Wildman–Crippen LogP) is 3.77. The van der Waals surface area contributed by atoms with Gasteiger partial charge in [0.15, 0.2) is 18.4 Å². The fourth-order valence-electron chi connectivity index (χ4n) is 4.70. The van der Waals surface area contributed by atoms with Crippen LogP contribution in [0.25, 0.3) is 0 Å². The summed E-state index contributed by atoms with van der Waals surface area (Å²) in [4.78, 5) is 26.1. The summed E-state index contributed by atoms with van der Waals surface area (Å²) in [6.45, 7) is 5.40. The summed E-state index contributed by atoms with van der Waals surface area (Å²) in [6.07, 6.45) is 3.65. The lowest BCUT2D eigenvalue weighted by molar-refractivity contribution is -0.154. The molecule has 1 aliphatic carbocycles. The average Bonchev–Trinajstić information content (AvgIpc) is 3.45. The van der Waals surface area contributed by atoms with Crippen molar-refractivity contribution in [2.75, 3.05) is 21.0 Å². The summed E-state index contributed by atoms with van der Waals surface area (Å²) < 4.78 is 34.0. The van der Waals surface area contributed by atoms with Gasteiger partial charge in [-0.05, 0) is 63.2 Å². The van der Waals surface area contributed by atoms with E-state index in [2.05, 4.69) is 0 Å². The Labute approximate surface area is 194 Å². The van der Waals surface area contributed by atoms with Crippen molar-refractivity contribution < 1.29 is 38.0 Å². The summed E-state index contributed by atoms with van der Waals surface area (Å²) in [6, 6.07) is 3.54. The molecule has 0 aromatic heterocycles. The van der Waals surface area contributed by atoms with Gasteiger partial charge >= 0.3 is 5.97 Å². The van der Waals surface area contributed by atoms with E-state index in [0.717, 1.165) is 12.0 Å². The Morgan fingerprint density at radius 2 is 1.91 bits per heavy atom. The lowest BCUT2D eigenvalue weighted by Crippen LogP contribution is -2.32. The van der Waals surface area contributed by atoms with E-state index in [4.69, 9.17) is 28.4 Å². The molecule has 1 aromatic carbocycles. The second-order valence-corrected chi connectivity index (χ2v) is 9.28. The van der Waals surface area contributed by atoms with E-state index >= 15 is 0 Å². The van der Waals surface area contributed by atoms with E-state index in [1.54, 1.807) is 32.3 Å². The van der Waals surface area contributed by atoms with Crippen molar-refractivity contribution in [3.8, 4) is 11.5 Å². The number of allylic oxidation sites excluding steroid dienone is 1. The fraction of sp³-hybridized carbons (Fsp3) is 0.600. The first kappa shape index (κ1) is 23.7. The van der Waals surface area contributed by atoms with Crippen molar-refractivity contribution in [2.45, 2.75) is 70.1 Å². The highest BCUT2D eigenvalue weighted by Crippen LogP contribution is 2.54. The molecule has 2 fully saturated rings. The van der Waals surface area contributed by atoms with Gasteiger partial charge in [0.2, 0.25) is 0 Å². The van der Waals surface area contributed by atoms with Gasteiger partial charge in [-0.2, -0.15) is 0 Å². The second kappa shape index (κ2) is 9.44. The normalized spacial score (nSPS) is 31.0. The summed E-state index contributed by atoms with van der Waals surface area (Å²) in [7, 11) is 3.09. The van der Waals surface area contributed by atoms with Gasteiger partial charge in [0.1, 0.15) is 29.3 Å². The molecule has 4 rings (SSSR count). The molecule has 180 valence electrons. The number of hydrogen-bond acceptors (Lipinski definition) is 8. The molecule has 8 nitrogen and oxygen atoms in total. The number of carbonyl (C=O) groups is 2. The summed E-state index contributed by atoms with van der Waals surface area (Å²) in [5, 5.41) is 0. The van der Waals surface area contributed by atoms with Gasteiger partial charge in [0.05, 0.1) is 13.2 Å². The molecule has 0 N–H and O–H groups in total. The number of carbonyl (C=O) groups excluding carboxylic acids is 2. The Bertz CT molecular complexity index is 937. The van der Waals surface area contributed by atoms with Crippen LogP contribution < -0.4 is 9.47 Å². The van der Waals surface area contributed by atoms with E-state index < -0.39 is 24.0 Å². The number of methoxy groups -OCH3 is 2. The molecular formula is C25H32O8. The molecule has 0 bridgehead atoms. The summed E-state index contributed by atoms with van der Waals surface area (Å²) >= 11 is 0. The number of benzene rings is 1. The maximum atomic E-state index is 13.2. The molecule has 1 saturated heterocycles. The zero-order valence-corrected chi connectivity index (χ0v) is 19.8. The number of ketones is 1. The van der Waals surface area contributed by atoms with Crippen molar-refractivity contribution in [3.05, 3.63) is 35.4 Å². The molecule has 0 amide bonds. The third kappa shape index (κ3) is 5.23. The Morgan fingerprint density at radius 1 is 1.12 bits per heavy atom. The van der Waals surface area contributed by atoms with Crippen LogP contribution in [0.4, 0.5) is 0 Å². The molecule has 2 unspecified atom stereocenters. The van der Waals surface area contributed by atoms with Crippen molar-refractivity contribution in [3.63, 3.8) is 0 Å². The van der Waals surface area contributed by atoms with Crippen LogP contribution in [-0.2, 0) is 23.7 Å². The second-order valence-electron chi connectivity index (χ2n) is 9.28. The van der Waals surface area contributed by atoms with Crippen LogP contribution in [0.15, 0.2) is 24.3 Å². The van der Waals surface area contributed by atoms with Crippen LogP contribution in [0, 0.1) is 5.92 Å². The third-order valence-electron chi connectivity index (χ3n) is 6.26. The minimum atomic E-state index is -0.818. The molecule has 3 aliphatic rings. The van der Waals surface area contributed by atoms with E-state index in [0.29, 0.717) is 23.5 Å². The van der Waals surface area contributed by atoms with Crippen molar-refractivity contribution in [1.29, 1.82) is 0 Å². The highest BCUT2D eigenvalue weighted by molar-refractivity contribution is 5.95. The first-order chi connectivity index (χ1) is 15.7. The number of cyclic esters (lactones) is 1. The highest BCUT2D eigenvalue weighted by atomic mass is 16.8. The molecule has 33 heavy (non-hydrogen) atoms. The molecule has 2 aliphatic heterocycles. The predicted molar refractivity (Wildman–Crippen MR) is 118 cm³/mol. The zero-order chi connectivity index (χ0) is 23.8. The van der Waals surface area contributed by atoms with E-state index in [1.165, 1.54) is 7.11 Å². The van der Waals surface area contributed by atoms with Crippen LogP contribution in [0.3, 0.4) is 0 Å². The monoisotopic (exact) mass is 460 g/mol. The number of hydrogen-bond donors (Lipinski definition) is 0. The lowest BCUT2D eigenvalue weighted by Gasteiger charge is -2.19. The fourth-order valence-corrected chi connectivity index (χ4v) is 4.70. The number of ether oxygens (including phenoxy) is 6. The number of rotatable bonds is 4. The molecule has 1 saturated carbocycles. The number of esters is 1. The standard InChI is InChI=1S/C25H32O8/c1-14-7-6-8-19(26)23-21(32-25(2,3)33-23)10-15-9-17(15)18-11-16(29-5)12-20(30-13-28-4)22(18)24(27)31-14/h6-7,11-12,14-15,17,21,23H,8-10,13H2,1-5H3/t14-,15?,17?,21-,23+/m0/s1. The number of Topliss-reactive ketones (excluding diaryl/α,β-unsaturated/α-hetero) is 1. The molecule has 1 aromatic rings. The van der Waals surface area contributed by atoms with Gasteiger partial charge in [0.25, 0.3) is 0 Å². The molecule has 0 spiro atoms. The Kier molecular flexibility index (Phi) is 6.79. The smallest absolute Gasteiger partial charge is 0.342 e. The zero-order valence-electron chi connectivity index (χ0n) is 19.8. The van der Waals surface area contributed by atoms with Crippen molar-refractivity contribution >= 4 is 11.8 Å².